The van der Waals surface area contributed by atoms with E-state index in [0.29, 0.717) is 30.7 Å². The third-order valence-electron chi connectivity index (χ3n) is 6.67. The van der Waals surface area contributed by atoms with Gasteiger partial charge in [-0.15, -0.1) is 0 Å². The van der Waals surface area contributed by atoms with Crippen molar-refractivity contribution >= 4 is 0 Å². The molecule has 0 amide bonds. The van der Waals surface area contributed by atoms with Gasteiger partial charge >= 0.3 is 0 Å². The maximum atomic E-state index is 14.9. The van der Waals surface area contributed by atoms with Crippen LogP contribution in [-0.2, 0) is 12.8 Å². The summed E-state index contributed by atoms with van der Waals surface area (Å²) in [5, 5.41) is 8.98. The second kappa shape index (κ2) is 7.62. The molecule has 0 aliphatic heterocycles. The molecule has 4 heteroatoms. The Kier molecular flexibility index (Phi) is 5.19. The van der Waals surface area contributed by atoms with Crippen LogP contribution in [0, 0.1) is 34.7 Å². The van der Waals surface area contributed by atoms with Crippen LogP contribution in [0.15, 0.2) is 24.3 Å². The van der Waals surface area contributed by atoms with Crippen LogP contribution in [0.25, 0.3) is 0 Å². The molecule has 2 aromatic rings. The smallest absolute Gasteiger partial charge is 0.144 e. The van der Waals surface area contributed by atoms with Gasteiger partial charge in [-0.05, 0) is 84.7 Å². The molecule has 146 valence electrons. The molecular weight excluding hydrogens is 359 g/mol. The van der Waals surface area contributed by atoms with Crippen molar-refractivity contribution in [3.8, 4) is 6.07 Å². The Bertz CT molecular complexity index is 913. The van der Waals surface area contributed by atoms with Gasteiger partial charge in [0.1, 0.15) is 23.5 Å². The first-order valence-corrected chi connectivity index (χ1v) is 10.2. The Balaban J connectivity index is 1.60. The van der Waals surface area contributed by atoms with Gasteiger partial charge in [-0.1, -0.05) is 25.8 Å². The molecule has 2 aliphatic rings. The topological polar surface area (TPSA) is 23.8 Å². The number of nitrogens with zero attached hydrogens (tertiary/aromatic N) is 1. The summed E-state index contributed by atoms with van der Waals surface area (Å²) < 4.78 is 44.2. The number of hydrogen-bond acceptors (Lipinski definition) is 1. The third-order valence-corrected chi connectivity index (χ3v) is 6.67. The van der Waals surface area contributed by atoms with E-state index >= 15 is 0 Å². The normalized spacial score (nSPS) is 24.5. The highest BCUT2D eigenvalue weighted by Gasteiger charge is 2.29. The first-order chi connectivity index (χ1) is 13.5. The van der Waals surface area contributed by atoms with E-state index in [1.54, 1.807) is 6.07 Å². The summed E-state index contributed by atoms with van der Waals surface area (Å²) in [6, 6.07) is 8.07. The lowest BCUT2D eigenvalue weighted by Crippen LogP contribution is -2.18. The van der Waals surface area contributed by atoms with Crippen molar-refractivity contribution in [1.29, 1.82) is 5.26 Å². The van der Waals surface area contributed by atoms with Crippen molar-refractivity contribution < 1.29 is 13.2 Å². The van der Waals surface area contributed by atoms with Crippen molar-refractivity contribution in [2.45, 2.75) is 63.7 Å². The van der Waals surface area contributed by atoms with E-state index in [9.17, 15) is 13.2 Å². The largest absolute Gasteiger partial charge is 0.207 e. The lowest BCUT2D eigenvalue weighted by Gasteiger charge is -2.29. The zero-order valence-electron chi connectivity index (χ0n) is 16.1. The summed E-state index contributed by atoms with van der Waals surface area (Å²) in [6.07, 6.45) is 5.44. The zero-order valence-corrected chi connectivity index (χ0v) is 16.1. The Morgan fingerprint density at radius 1 is 0.929 bits per heavy atom. The van der Waals surface area contributed by atoms with Gasteiger partial charge in [0.15, 0.2) is 0 Å². The minimum absolute atomic E-state index is 0.0284. The third kappa shape index (κ3) is 3.43. The predicted molar refractivity (Wildman–Crippen MR) is 103 cm³/mol. The molecule has 1 saturated carbocycles. The summed E-state index contributed by atoms with van der Waals surface area (Å²) >= 11 is 0. The van der Waals surface area contributed by atoms with Crippen LogP contribution in [0.2, 0.25) is 0 Å². The molecule has 1 fully saturated rings. The fraction of sp³-hybridized carbons (Fsp3) is 0.458. The van der Waals surface area contributed by atoms with Crippen molar-refractivity contribution in [3.63, 3.8) is 0 Å². The lowest BCUT2D eigenvalue weighted by molar-refractivity contribution is 0.346. The second-order valence-corrected chi connectivity index (χ2v) is 8.47. The first kappa shape index (κ1) is 19.1. The first-order valence-electron chi connectivity index (χ1n) is 10.2. The molecule has 1 nitrogen and oxygen atoms in total. The molecule has 0 saturated heterocycles. The summed E-state index contributed by atoms with van der Waals surface area (Å²) in [5.74, 6) is -0.816. The van der Waals surface area contributed by atoms with E-state index in [0.717, 1.165) is 36.8 Å². The van der Waals surface area contributed by atoms with Gasteiger partial charge in [-0.2, -0.15) is 5.26 Å². The van der Waals surface area contributed by atoms with E-state index in [2.05, 4.69) is 6.92 Å². The molecule has 4 rings (SSSR count). The van der Waals surface area contributed by atoms with E-state index in [1.807, 2.05) is 6.07 Å². The van der Waals surface area contributed by atoms with Crippen LogP contribution in [0.1, 0.15) is 78.7 Å². The van der Waals surface area contributed by atoms with Gasteiger partial charge in [0, 0.05) is 5.56 Å². The lowest BCUT2D eigenvalue weighted by atomic mass is 9.77. The van der Waals surface area contributed by atoms with Crippen molar-refractivity contribution in [2.75, 3.05) is 0 Å². The van der Waals surface area contributed by atoms with E-state index in [1.165, 1.54) is 18.2 Å². The SMILES string of the molecule is CC1CCC(c2cc(F)c(C3CCc4c(ccc(C#N)c4F)C3)c(F)c2)CC1. The predicted octanol–water partition coefficient (Wildman–Crippen LogP) is 6.54. The molecule has 0 N–H and O–H groups in total. The molecule has 1 unspecified atom stereocenters. The number of nitriles is 1. The monoisotopic (exact) mass is 383 g/mol. The number of halogens is 3. The van der Waals surface area contributed by atoms with Gasteiger partial charge in [0.05, 0.1) is 5.56 Å². The van der Waals surface area contributed by atoms with Crippen LogP contribution in [0.5, 0.6) is 0 Å². The Morgan fingerprint density at radius 3 is 2.25 bits per heavy atom. The maximum Gasteiger partial charge on any atom is 0.144 e. The van der Waals surface area contributed by atoms with Gasteiger partial charge in [0.25, 0.3) is 0 Å². The second-order valence-electron chi connectivity index (χ2n) is 8.47. The highest BCUT2D eigenvalue weighted by Crippen LogP contribution is 2.40. The average molecular weight is 383 g/mol. The molecule has 0 radical (unpaired) electrons. The summed E-state index contributed by atoms with van der Waals surface area (Å²) in [6.45, 7) is 2.23. The molecule has 0 aromatic heterocycles. The van der Waals surface area contributed by atoms with Gasteiger partial charge in [0.2, 0.25) is 0 Å². The summed E-state index contributed by atoms with van der Waals surface area (Å²) in [4.78, 5) is 0. The zero-order chi connectivity index (χ0) is 19.8. The number of hydrogen-bond donors (Lipinski definition) is 0. The highest BCUT2D eigenvalue weighted by atomic mass is 19.1. The van der Waals surface area contributed by atoms with Crippen molar-refractivity contribution in [3.05, 3.63) is 69.5 Å². The molecule has 1 atom stereocenters. The molecule has 2 aliphatic carbocycles. The molecule has 28 heavy (non-hydrogen) atoms. The molecular formula is C24H24F3N. The summed E-state index contributed by atoms with van der Waals surface area (Å²) in [5.41, 5.74) is 2.19. The highest BCUT2D eigenvalue weighted by molar-refractivity contribution is 5.43. The fourth-order valence-corrected chi connectivity index (χ4v) is 4.96. The van der Waals surface area contributed by atoms with Gasteiger partial charge in [-0.25, -0.2) is 13.2 Å². The number of benzene rings is 2. The van der Waals surface area contributed by atoms with Gasteiger partial charge in [-0.3, -0.25) is 0 Å². The molecule has 0 heterocycles. The fourth-order valence-electron chi connectivity index (χ4n) is 4.96. The van der Waals surface area contributed by atoms with E-state index < -0.39 is 17.5 Å². The molecule has 0 spiro atoms. The maximum absolute atomic E-state index is 14.9. The Morgan fingerprint density at radius 2 is 1.61 bits per heavy atom. The van der Waals surface area contributed by atoms with Crippen molar-refractivity contribution in [2.24, 2.45) is 5.92 Å². The quantitative estimate of drug-likeness (QED) is 0.577. The number of rotatable bonds is 2. The molecule has 2 aromatic carbocycles. The van der Waals surface area contributed by atoms with Crippen molar-refractivity contribution in [1.82, 2.24) is 0 Å². The van der Waals surface area contributed by atoms with Gasteiger partial charge < -0.3 is 0 Å². The minimum atomic E-state index is -0.485. The van der Waals surface area contributed by atoms with Crippen LogP contribution in [0.4, 0.5) is 13.2 Å². The molecule has 0 bridgehead atoms. The Hall–Kier alpha value is -2.28. The van der Waals surface area contributed by atoms with Crippen LogP contribution < -0.4 is 0 Å². The van der Waals surface area contributed by atoms with Crippen LogP contribution in [0.3, 0.4) is 0 Å². The minimum Gasteiger partial charge on any atom is -0.207 e. The average Bonchev–Trinajstić information content (AvgIpc) is 2.68. The number of fused-ring (bicyclic) bond motifs is 1. The van der Waals surface area contributed by atoms with E-state index in [-0.39, 0.29) is 23.0 Å². The Labute approximate surface area is 164 Å². The summed E-state index contributed by atoms with van der Waals surface area (Å²) in [7, 11) is 0. The standard InChI is InChI=1S/C24H24F3N/c1-14-2-4-15(5-3-14)19-11-21(25)23(22(26)12-19)17-8-9-20-16(10-17)6-7-18(13-28)24(20)27/h6-7,11-12,14-15,17H,2-5,8-10H2,1H3. The van der Waals surface area contributed by atoms with Crippen LogP contribution >= 0.6 is 0 Å². The van der Waals surface area contributed by atoms with E-state index in [4.69, 9.17) is 5.26 Å². The van der Waals surface area contributed by atoms with Crippen LogP contribution in [-0.4, -0.2) is 0 Å².